The van der Waals surface area contributed by atoms with Gasteiger partial charge in [-0.25, -0.2) is 0 Å². The van der Waals surface area contributed by atoms with Crippen LogP contribution in [0.25, 0.3) is 0 Å². The highest BCUT2D eigenvalue weighted by molar-refractivity contribution is 5.71. The van der Waals surface area contributed by atoms with E-state index in [1.54, 1.807) is 0 Å². The van der Waals surface area contributed by atoms with E-state index in [4.69, 9.17) is 14.2 Å². The largest absolute Gasteiger partial charge is 0.462 e. The van der Waals surface area contributed by atoms with Crippen LogP contribution in [0.5, 0.6) is 0 Å². The molecule has 6 heteroatoms. The first-order valence-electron chi connectivity index (χ1n) is 34.6. The lowest BCUT2D eigenvalue weighted by molar-refractivity contribution is -0.167. The van der Waals surface area contributed by atoms with Gasteiger partial charge in [0.1, 0.15) is 13.2 Å². The molecule has 0 rings (SSSR count). The zero-order valence-electron chi connectivity index (χ0n) is 52.5. The molecule has 0 spiro atoms. The van der Waals surface area contributed by atoms with Crippen LogP contribution in [-0.4, -0.2) is 37.2 Å². The van der Waals surface area contributed by atoms with Gasteiger partial charge in [0.15, 0.2) is 6.10 Å². The van der Waals surface area contributed by atoms with Crippen LogP contribution < -0.4 is 0 Å². The van der Waals surface area contributed by atoms with E-state index < -0.39 is 6.10 Å². The average molecular weight is 1090 g/mol. The van der Waals surface area contributed by atoms with Crippen molar-refractivity contribution in [2.75, 3.05) is 13.2 Å². The van der Waals surface area contributed by atoms with Gasteiger partial charge < -0.3 is 14.2 Å². The Hall–Kier alpha value is -2.63. The Morgan fingerprint density at radius 1 is 0.269 bits per heavy atom. The van der Waals surface area contributed by atoms with Gasteiger partial charge in [-0.1, -0.05) is 326 Å². The molecule has 0 aromatic rings. The van der Waals surface area contributed by atoms with E-state index in [0.717, 1.165) is 83.5 Å². The number of rotatable bonds is 64. The maximum absolute atomic E-state index is 12.9. The Morgan fingerprint density at radius 2 is 0.500 bits per heavy atom. The molecule has 78 heavy (non-hydrogen) atoms. The summed E-state index contributed by atoms with van der Waals surface area (Å²) in [5, 5.41) is 0. The van der Waals surface area contributed by atoms with Crippen molar-refractivity contribution in [1.82, 2.24) is 0 Å². The van der Waals surface area contributed by atoms with Gasteiger partial charge in [-0.05, 0) is 77.0 Å². The zero-order valence-corrected chi connectivity index (χ0v) is 52.5. The van der Waals surface area contributed by atoms with E-state index in [2.05, 4.69) is 69.4 Å². The summed E-state index contributed by atoms with van der Waals surface area (Å²) in [7, 11) is 0. The second-order valence-corrected chi connectivity index (χ2v) is 23.4. The van der Waals surface area contributed by atoms with Crippen molar-refractivity contribution in [3.8, 4) is 0 Å². The molecular weight excluding hydrogens is 961 g/mol. The third kappa shape index (κ3) is 64.2. The highest BCUT2D eigenvalue weighted by Crippen LogP contribution is 2.18. The van der Waals surface area contributed by atoms with Crippen LogP contribution in [-0.2, 0) is 28.6 Å². The van der Waals surface area contributed by atoms with Gasteiger partial charge in [-0.3, -0.25) is 14.4 Å². The molecule has 0 fully saturated rings. The van der Waals surface area contributed by atoms with Gasteiger partial charge >= 0.3 is 17.9 Å². The highest BCUT2D eigenvalue weighted by Gasteiger charge is 2.19. The Labute approximate surface area is 486 Å². The maximum atomic E-state index is 12.9. The van der Waals surface area contributed by atoms with Crippen LogP contribution >= 0.6 is 0 Å². The fourth-order valence-electron chi connectivity index (χ4n) is 10.4. The number of ether oxygens (including phenoxy) is 3. The number of esters is 3. The van der Waals surface area contributed by atoms with Crippen LogP contribution in [0.1, 0.15) is 374 Å². The predicted molar refractivity (Wildman–Crippen MR) is 339 cm³/mol. The predicted octanol–water partition coefficient (Wildman–Crippen LogP) is 23.7. The van der Waals surface area contributed by atoms with E-state index in [9.17, 15) is 14.4 Å². The summed E-state index contributed by atoms with van der Waals surface area (Å²) in [6, 6.07) is 0. The summed E-state index contributed by atoms with van der Waals surface area (Å²) in [6.07, 6.45) is 84.4. The van der Waals surface area contributed by atoms with Crippen LogP contribution in [0.3, 0.4) is 0 Å². The topological polar surface area (TPSA) is 78.9 Å². The SMILES string of the molecule is CC/C=C\C/C=C\C/C=C\CCCCCC(=O)OCC(COC(=O)CCCCCCCCCCCCCCCCCCCCCCCCCCCC)OC(=O)CCCCCCCCCCC/C=C\CCCCCCCCCC. The van der Waals surface area contributed by atoms with Crippen molar-refractivity contribution < 1.29 is 28.6 Å². The number of hydrogen-bond acceptors (Lipinski definition) is 6. The standard InChI is InChI=1S/C72H132O6/c1-4-7-10-13-16-19-22-25-27-29-31-33-34-35-36-37-39-40-42-44-47-50-53-56-59-62-65-71(74)77-68-69(67-76-70(73)64-61-58-55-52-49-46-24-21-18-15-12-9-6-3)78-72(75)66-63-60-57-54-51-48-45-43-41-38-32-30-28-26-23-20-17-14-11-8-5-2/h9,12,18,21,30,32,46,49,69H,4-8,10-11,13-17,19-20,22-29,31,33-45,47-48,50-68H2,1-3H3/b12-9-,21-18-,32-30-,49-46-. The number of carbonyl (C=O) groups excluding carboxylic acids is 3. The van der Waals surface area contributed by atoms with Crippen molar-refractivity contribution in [3.63, 3.8) is 0 Å². The fraction of sp³-hybridized carbons (Fsp3) is 0.847. The Balaban J connectivity index is 4.24. The summed E-state index contributed by atoms with van der Waals surface area (Å²) >= 11 is 0. The summed E-state index contributed by atoms with van der Waals surface area (Å²) in [5.41, 5.74) is 0. The lowest BCUT2D eigenvalue weighted by atomic mass is 10.0. The molecule has 0 radical (unpaired) electrons. The minimum Gasteiger partial charge on any atom is -0.462 e. The van der Waals surface area contributed by atoms with Crippen LogP contribution in [0.4, 0.5) is 0 Å². The number of hydrogen-bond donors (Lipinski definition) is 0. The molecule has 0 saturated carbocycles. The lowest BCUT2D eigenvalue weighted by Gasteiger charge is -2.18. The lowest BCUT2D eigenvalue weighted by Crippen LogP contribution is -2.30. The van der Waals surface area contributed by atoms with Crippen LogP contribution in [0, 0.1) is 0 Å². The van der Waals surface area contributed by atoms with Crippen molar-refractivity contribution in [2.24, 2.45) is 0 Å². The highest BCUT2D eigenvalue weighted by atomic mass is 16.6. The van der Waals surface area contributed by atoms with Gasteiger partial charge in [0.2, 0.25) is 0 Å². The first kappa shape index (κ1) is 75.4. The molecule has 0 saturated heterocycles. The molecule has 1 unspecified atom stereocenters. The second kappa shape index (κ2) is 66.9. The van der Waals surface area contributed by atoms with E-state index in [1.165, 1.54) is 250 Å². The second-order valence-electron chi connectivity index (χ2n) is 23.4. The van der Waals surface area contributed by atoms with E-state index in [-0.39, 0.29) is 31.1 Å². The molecule has 0 heterocycles. The molecule has 0 aromatic heterocycles. The van der Waals surface area contributed by atoms with Gasteiger partial charge in [0.25, 0.3) is 0 Å². The molecule has 6 nitrogen and oxygen atoms in total. The quantitative estimate of drug-likeness (QED) is 0.0261. The molecule has 0 aliphatic carbocycles. The third-order valence-electron chi connectivity index (χ3n) is 15.6. The zero-order chi connectivity index (χ0) is 56.4. The number of unbranched alkanes of at least 4 members (excludes halogenated alkanes) is 45. The summed E-state index contributed by atoms with van der Waals surface area (Å²) in [4.78, 5) is 38.4. The van der Waals surface area contributed by atoms with Crippen LogP contribution in [0.2, 0.25) is 0 Å². The van der Waals surface area contributed by atoms with Gasteiger partial charge in [0.05, 0.1) is 0 Å². The van der Waals surface area contributed by atoms with E-state index in [1.807, 2.05) is 0 Å². The third-order valence-corrected chi connectivity index (χ3v) is 15.6. The number of allylic oxidation sites excluding steroid dienone is 8. The smallest absolute Gasteiger partial charge is 0.306 e. The van der Waals surface area contributed by atoms with E-state index in [0.29, 0.717) is 19.3 Å². The van der Waals surface area contributed by atoms with Gasteiger partial charge in [-0.2, -0.15) is 0 Å². The minimum absolute atomic E-state index is 0.0795. The molecule has 1 atom stereocenters. The minimum atomic E-state index is -0.786. The normalized spacial score (nSPS) is 12.3. The monoisotopic (exact) mass is 1090 g/mol. The summed E-state index contributed by atoms with van der Waals surface area (Å²) < 4.78 is 16.9. The molecule has 0 aliphatic rings. The molecular formula is C72H132O6. The Bertz CT molecular complexity index is 1350. The van der Waals surface area contributed by atoms with Gasteiger partial charge in [-0.15, -0.1) is 0 Å². The Kier molecular flexibility index (Phi) is 64.6. The first-order chi connectivity index (χ1) is 38.5. The van der Waals surface area contributed by atoms with Gasteiger partial charge in [0, 0.05) is 19.3 Å². The first-order valence-corrected chi connectivity index (χ1v) is 34.6. The van der Waals surface area contributed by atoms with Crippen LogP contribution in [0.15, 0.2) is 48.6 Å². The van der Waals surface area contributed by atoms with Crippen molar-refractivity contribution >= 4 is 17.9 Å². The van der Waals surface area contributed by atoms with E-state index >= 15 is 0 Å². The molecule has 0 amide bonds. The molecule has 0 N–H and O–H groups in total. The van der Waals surface area contributed by atoms with Crippen molar-refractivity contribution in [3.05, 3.63) is 48.6 Å². The number of carbonyl (C=O) groups is 3. The molecule has 0 aromatic carbocycles. The molecule has 0 aliphatic heterocycles. The summed E-state index contributed by atoms with van der Waals surface area (Å²) in [5.74, 6) is -0.889. The fourth-order valence-corrected chi connectivity index (χ4v) is 10.4. The maximum Gasteiger partial charge on any atom is 0.306 e. The van der Waals surface area contributed by atoms with Crippen molar-refractivity contribution in [2.45, 2.75) is 380 Å². The van der Waals surface area contributed by atoms with Crippen molar-refractivity contribution in [1.29, 1.82) is 0 Å². The summed E-state index contributed by atoms with van der Waals surface area (Å²) in [6.45, 7) is 6.56. The molecule has 456 valence electrons. The average Bonchev–Trinajstić information content (AvgIpc) is 3.44. The molecule has 0 bridgehead atoms. The Morgan fingerprint density at radius 3 is 0.808 bits per heavy atom.